The molecular weight excluding hydrogens is 274 g/mol. The highest BCUT2D eigenvalue weighted by Crippen LogP contribution is 2.00. The lowest BCUT2D eigenvalue weighted by Gasteiger charge is -2.08. The summed E-state index contributed by atoms with van der Waals surface area (Å²) in [5.41, 5.74) is 6.34. The monoisotopic (exact) mass is 293 g/mol. The average Bonchev–Trinajstić information content (AvgIpc) is 2.45. The molecule has 0 aliphatic heterocycles. The first-order chi connectivity index (χ1) is 9.54. The van der Waals surface area contributed by atoms with E-state index >= 15 is 0 Å². The van der Waals surface area contributed by atoms with E-state index in [2.05, 4.69) is 22.1 Å². The van der Waals surface area contributed by atoms with E-state index in [1.165, 1.54) is 0 Å². The lowest BCUT2D eigenvalue weighted by molar-refractivity contribution is 0.0948. The van der Waals surface area contributed by atoms with E-state index in [0.29, 0.717) is 25.2 Å². The third kappa shape index (κ3) is 5.51. The van der Waals surface area contributed by atoms with Crippen LogP contribution in [0, 0.1) is 11.8 Å². The van der Waals surface area contributed by atoms with Crippen molar-refractivity contribution in [2.45, 2.75) is 18.6 Å². The molecule has 20 heavy (non-hydrogen) atoms. The number of hydrogen-bond acceptors (Lipinski definition) is 4. The van der Waals surface area contributed by atoms with Crippen molar-refractivity contribution >= 4 is 16.7 Å². The number of amides is 1. The number of nitrogens with zero attached hydrogens (tertiary/aromatic N) is 1. The maximum absolute atomic E-state index is 11.8. The SMILES string of the molecule is CC(CCNC(=O)c1ccc(C#CCN)cn1)S(C)=O. The Labute approximate surface area is 121 Å². The van der Waals surface area contributed by atoms with E-state index in [4.69, 9.17) is 5.73 Å². The molecule has 3 N–H and O–H groups in total. The van der Waals surface area contributed by atoms with Crippen molar-refractivity contribution in [1.82, 2.24) is 10.3 Å². The zero-order valence-corrected chi connectivity index (χ0v) is 12.5. The van der Waals surface area contributed by atoms with Crippen LogP contribution < -0.4 is 11.1 Å². The number of carbonyl (C=O) groups excluding carboxylic acids is 1. The Balaban J connectivity index is 2.49. The van der Waals surface area contributed by atoms with Crippen LogP contribution >= 0.6 is 0 Å². The van der Waals surface area contributed by atoms with Gasteiger partial charge in [-0.1, -0.05) is 18.8 Å². The minimum Gasteiger partial charge on any atom is -0.351 e. The van der Waals surface area contributed by atoms with Crippen molar-refractivity contribution in [1.29, 1.82) is 0 Å². The number of pyridine rings is 1. The van der Waals surface area contributed by atoms with Gasteiger partial charge >= 0.3 is 0 Å². The van der Waals surface area contributed by atoms with Gasteiger partial charge in [-0.15, -0.1) is 0 Å². The zero-order valence-electron chi connectivity index (χ0n) is 11.7. The van der Waals surface area contributed by atoms with Crippen LogP contribution in [-0.2, 0) is 10.8 Å². The topological polar surface area (TPSA) is 85.1 Å². The van der Waals surface area contributed by atoms with Crippen LogP contribution in [0.2, 0.25) is 0 Å². The Bertz CT molecular complexity index is 532. The Hall–Kier alpha value is -1.71. The first-order valence-corrected chi connectivity index (χ1v) is 7.92. The van der Waals surface area contributed by atoms with E-state index in [9.17, 15) is 9.00 Å². The molecule has 1 amide bonds. The maximum atomic E-state index is 11.8. The summed E-state index contributed by atoms with van der Waals surface area (Å²) in [7, 11) is -0.868. The smallest absolute Gasteiger partial charge is 0.269 e. The fraction of sp³-hybridized carbons (Fsp3) is 0.429. The van der Waals surface area contributed by atoms with E-state index in [-0.39, 0.29) is 11.2 Å². The summed E-state index contributed by atoms with van der Waals surface area (Å²) in [4.78, 5) is 15.9. The number of rotatable bonds is 5. The summed E-state index contributed by atoms with van der Waals surface area (Å²) < 4.78 is 11.2. The molecule has 6 heteroatoms. The molecule has 1 aromatic rings. The van der Waals surface area contributed by atoms with Crippen molar-refractivity contribution in [3.8, 4) is 11.8 Å². The molecule has 2 unspecified atom stereocenters. The lowest BCUT2D eigenvalue weighted by Crippen LogP contribution is -2.28. The van der Waals surface area contributed by atoms with Gasteiger partial charge in [-0.3, -0.25) is 9.00 Å². The van der Waals surface area contributed by atoms with Gasteiger partial charge in [-0.2, -0.15) is 0 Å². The van der Waals surface area contributed by atoms with Crippen molar-refractivity contribution in [2.24, 2.45) is 5.73 Å². The second kappa shape index (κ2) is 8.46. The Morgan fingerprint density at radius 3 is 2.85 bits per heavy atom. The number of nitrogens with two attached hydrogens (primary N) is 1. The van der Waals surface area contributed by atoms with Gasteiger partial charge in [-0.05, 0) is 18.6 Å². The highest BCUT2D eigenvalue weighted by Gasteiger charge is 2.09. The van der Waals surface area contributed by atoms with Gasteiger partial charge in [0.25, 0.3) is 5.91 Å². The molecule has 0 aliphatic carbocycles. The quantitative estimate of drug-likeness (QED) is 0.764. The molecule has 0 bridgehead atoms. The average molecular weight is 293 g/mol. The van der Waals surface area contributed by atoms with Gasteiger partial charge in [0.05, 0.1) is 6.54 Å². The van der Waals surface area contributed by atoms with Crippen LogP contribution in [0.3, 0.4) is 0 Å². The number of carbonyl (C=O) groups is 1. The molecule has 1 aromatic heterocycles. The summed E-state index contributed by atoms with van der Waals surface area (Å²) in [5.74, 6) is 5.32. The van der Waals surface area contributed by atoms with Gasteiger partial charge in [0.2, 0.25) is 0 Å². The molecule has 5 nitrogen and oxygen atoms in total. The molecule has 0 saturated carbocycles. The van der Waals surface area contributed by atoms with Crippen LogP contribution in [-0.4, -0.2) is 39.7 Å². The fourth-order valence-corrected chi connectivity index (χ4v) is 1.85. The number of hydrogen-bond donors (Lipinski definition) is 2. The normalized spacial score (nSPS) is 12.9. The highest BCUT2D eigenvalue weighted by molar-refractivity contribution is 7.84. The van der Waals surface area contributed by atoms with E-state index in [0.717, 1.165) is 5.56 Å². The molecule has 0 aromatic carbocycles. The first kappa shape index (κ1) is 16.3. The van der Waals surface area contributed by atoms with Gasteiger partial charge in [-0.25, -0.2) is 4.98 Å². The summed E-state index contributed by atoms with van der Waals surface area (Å²) >= 11 is 0. The molecule has 0 aliphatic rings. The van der Waals surface area contributed by atoms with Crippen LogP contribution in [0.1, 0.15) is 29.4 Å². The van der Waals surface area contributed by atoms with Crippen molar-refractivity contribution in [2.75, 3.05) is 19.3 Å². The van der Waals surface area contributed by atoms with E-state index < -0.39 is 10.8 Å². The standard InChI is InChI=1S/C14H19N3O2S/c1-11(20(2)19)7-9-16-14(18)13-6-5-12(10-17-13)4-3-8-15/h5-6,10-11H,7-9,15H2,1-2H3,(H,16,18). The van der Waals surface area contributed by atoms with Crippen LogP contribution in [0.4, 0.5) is 0 Å². The maximum Gasteiger partial charge on any atom is 0.269 e. The van der Waals surface area contributed by atoms with Crippen molar-refractivity contribution < 1.29 is 9.00 Å². The molecule has 0 saturated heterocycles. The molecule has 108 valence electrons. The molecule has 1 rings (SSSR count). The van der Waals surface area contributed by atoms with Gasteiger partial charge < -0.3 is 11.1 Å². The molecule has 2 atom stereocenters. The first-order valence-electron chi connectivity index (χ1n) is 6.30. The summed E-state index contributed by atoms with van der Waals surface area (Å²) in [5, 5.41) is 2.82. The highest BCUT2D eigenvalue weighted by atomic mass is 32.2. The van der Waals surface area contributed by atoms with E-state index in [1.807, 2.05) is 6.92 Å². The van der Waals surface area contributed by atoms with Crippen LogP contribution in [0.25, 0.3) is 0 Å². The zero-order chi connectivity index (χ0) is 15.0. The predicted molar refractivity (Wildman–Crippen MR) is 80.6 cm³/mol. The molecule has 1 heterocycles. The molecular formula is C14H19N3O2S. The predicted octanol–water partition coefficient (Wildman–Crippen LogP) is 0.279. The van der Waals surface area contributed by atoms with Gasteiger partial charge in [0.1, 0.15) is 5.69 Å². The molecule has 0 spiro atoms. The minimum absolute atomic E-state index is 0.0668. The second-order valence-corrected chi connectivity index (χ2v) is 6.09. The van der Waals surface area contributed by atoms with E-state index in [1.54, 1.807) is 24.6 Å². The Morgan fingerprint density at radius 2 is 2.30 bits per heavy atom. The van der Waals surface area contributed by atoms with Crippen LogP contribution in [0.15, 0.2) is 18.3 Å². The fourth-order valence-electron chi connectivity index (χ4n) is 1.40. The number of nitrogens with one attached hydrogen (secondary N) is 1. The third-order valence-corrected chi connectivity index (χ3v) is 4.10. The van der Waals surface area contributed by atoms with Crippen molar-refractivity contribution in [3.63, 3.8) is 0 Å². The summed E-state index contributed by atoms with van der Waals surface area (Å²) in [6.45, 7) is 2.67. The molecule has 0 fully saturated rings. The van der Waals surface area contributed by atoms with Crippen molar-refractivity contribution in [3.05, 3.63) is 29.6 Å². The summed E-state index contributed by atoms with van der Waals surface area (Å²) in [6.07, 6.45) is 3.88. The Morgan fingerprint density at radius 1 is 1.55 bits per heavy atom. The minimum atomic E-state index is -0.868. The van der Waals surface area contributed by atoms with Crippen LogP contribution in [0.5, 0.6) is 0 Å². The summed E-state index contributed by atoms with van der Waals surface area (Å²) in [6, 6.07) is 3.35. The second-order valence-electron chi connectivity index (χ2n) is 4.29. The molecule has 0 radical (unpaired) electrons. The third-order valence-electron chi connectivity index (χ3n) is 2.73. The lowest BCUT2D eigenvalue weighted by atomic mass is 10.2. The van der Waals surface area contributed by atoms with Gasteiger partial charge in [0, 0.05) is 40.6 Å². The largest absolute Gasteiger partial charge is 0.351 e. The number of aromatic nitrogens is 1. The van der Waals surface area contributed by atoms with Gasteiger partial charge in [0.15, 0.2) is 0 Å². The Kier molecular flexibility index (Phi) is 6.91.